The van der Waals surface area contributed by atoms with Crippen LogP contribution in [0.4, 0.5) is 0 Å². The van der Waals surface area contributed by atoms with E-state index in [2.05, 4.69) is 38.2 Å². The number of carbonyl (C=O) groups is 2. The van der Waals surface area contributed by atoms with Crippen molar-refractivity contribution in [3.8, 4) is 0 Å². The van der Waals surface area contributed by atoms with Crippen LogP contribution in [-0.4, -0.2) is 24.6 Å². The van der Waals surface area contributed by atoms with Crippen molar-refractivity contribution in [3.05, 3.63) is 24.3 Å². The van der Waals surface area contributed by atoms with Crippen LogP contribution in [0, 0.1) is 0 Å². The van der Waals surface area contributed by atoms with Gasteiger partial charge >= 0.3 is 11.9 Å². The Morgan fingerprint density at radius 1 is 0.477 bits per heavy atom. The zero-order valence-corrected chi connectivity index (χ0v) is 31.1. The quantitative estimate of drug-likeness (QED) is 0.0306. The zero-order valence-electron chi connectivity index (χ0n) is 29.5. The molecular formula is C39H72O4Ti. The maximum Gasteiger partial charge on any atom is 0.306 e. The summed E-state index contributed by atoms with van der Waals surface area (Å²) >= 11 is 0. The van der Waals surface area contributed by atoms with E-state index >= 15 is 0 Å². The largest absolute Gasteiger partial charge is 0.462 e. The Morgan fingerprint density at radius 3 is 1.18 bits per heavy atom. The van der Waals surface area contributed by atoms with E-state index in [0.717, 1.165) is 25.7 Å². The maximum absolute atomic E-state index is 12.1. The fourth-order valence-corrected chi connectivity index (χ4v) is 5.28. The monoisotopic (exact) mass is 652 g/mol. The number of ether oxygens (including phenoxy) is 2. The van der Waals surface area contributed by atoms with Gasteiger partial charge in [-0.2, -0.15) is 0 Å². The van der Waals surface area contributed by atoms with Crippen molar-refractivity contribution < 1.29 is 40.8 Å². The molecule has 44 heavy (non-hydrogen) atoms. The van der Waals surface area contributed by atoms with Gasteiger partial charge in [0.15, 0.2) is 0 Å². The van der Waals surface area contributed by atoms with E-state index in [1.54, 1.807) is 6.92 Å². The van der Waals surface area contributed by atoms with Crippen molar-refractivity contribution >= 4 is 11.9 Å². The van der Waals surface area contributed by atoms with Gasteiger partial charge in [-0.05, 0) is 71.1 Å². The number of hydrogen-bond acceptors (Lipinski definition) is 4. The summed E-state index contributed by atoms with van der Waals surface area (Å²) in [5, 5.41) is 0. The first kappa shape index (κ1) is 45.3. The molecule has 4 nitrogen and oxygen atoms in total. The molecule has 0 rings (SSSR count). The smallest absolute Gasteiger partial charge is 0.306 e. The van der Waals surface area contributed by atoms with Crippen LogP contribution in [0.15, 0.2) is 24.3 Å². The first-order chi connectivity index (χ1) is 21.1. The SMILES string of the molecule is CCCCCCCC/C=C\CCCCCCCC(=O)OCC(C)OC(=O)CCCCCCC/C=C\CCCCCCCC.[Ti]. The minimum atomic E-state index is -0.381. The molecule has 0 aliphatic heterocycles. The summed E-state index contributed by atoms with van der Waals surface area (Å²) in [5.74, 6) is -0.365. The van der Waals surface area contributed by atoms with Crippen molar-refractivity contribution in [2.75, 3.05) is 6.61 Å². The third-order valence-corrected chi connectivity index (χ3v) is 8.10. The van der Waals surface area contributed by atoms with Crippen molar-refractivity contribution in [1.29, 1.82) is 0 Å². The van der Waals surface area contributed by atoms with Crippen LogP contribution < -0.4 is 0 Å². The molecule has 0 aromatic rings. The number of esters is 2. The van der Waals surface area contributed by atoms with Crippen LogP contribution in [0.3, 0.4) is 0 Å². The van der Waals surface area contributed by atoms with E-state index in [0.29, 0.717) is 12.8 Å². The molecule has 256 valence electrons. The Kier molecular flexibility index (Phi) is 39.4. The molecule has 0 fully saturated rings. The van der Waals surface area contributed by atoms with Gasteiger partial charge in [0.05, 0.1) is 0 Å². The van der Waals surface area contributed by atoms with Gasteiger partial charge in [-0.3, -0.25) is 9.59 Å². The number of hydrogen-bond donors (Lipinski definition) is 0. The van der Waals surface area contributed by atoms with E-state index in [1.165, 1.54) is 141 Å². The number of unbranched alkanes of at least 4 members (excludes halogenated alkanes) is 22. The molecule has 5 heteroatoms. The predicted octanol–water partition coefficient (Wildman–Crippen LogP) is 12.5. The molecule has 0 aromatic carbocycles. The minimum Gasteiger partial charge on any atom is -0.462 e. The second-order valence-corrected chi connectivity index (χ2v) is 12.7. The summed E-state index contributed by atoms with van der Waals surface area (Å²) < 4.78 is 10.7. The van der Waals surface area contributed by atoms with E-state index in [9.17, 15) is 9.59 Å². The van der Waals surface area contributed by atoms with E-state index in [1.807, 2.05) is 0 Å². The second kappa shape index (κ2) is 38.3. The van der Waals surface area contributed by atoms with Crippen LogP contribution in [0.1, 0.15) is 201 Å². The van der Waals surface area contributed by atoms with Gasteiger partial charge in [-0.1, -0.05) is 141 Å². The zero-order chi connectivity index (χ0) is 31.5. The van der Waals surface area contributed by atoms with Gasteiger partial charge in [0.1, 0.15) is 12.7 Å². The Bertz CT molecular complexity index is 661. The van der Waals surface area contributed by atoms with Crippen LogP contribution in [0.5, 0.6) is 0 Å². The summed E-state index contributed by atoms with van der Waals surface area (Å²) in [5.41, 5.74) is 0. The average molecular weight is 653 g/mol. The minimum absolute atomic E-state index is 0. The molecule has 1 unspecified atom stereocenters. The first-order valence-electron chi connectivity index (χ1n) is 18.7. The third-order valence-electron chi connectivity index (χ3n) is 8.10. The summed E-state index contributed by atoms with van der Waals surface area (Å²) in [6.07, 6.45) is 42.2. The Balaban J connectivity index is 0. The van der Waals surface area contributed by atoms with Crippen LogP contribution in [0.2, 0.25) is 0 Å². The maximum atomic E-state index is 12.1. The normalized spacial score (nSPS) is 12.1. The fraction of sp³-hybridized carbons (Fsp3) is 0.846. The van der Waals surface area contributed by atoms with Crippen LogP contribution in [0.25, 0.3) is 0 Å². The average Bonchev–Trinajstić information content (AvgIpc) is 3.00. The molecule has 0 radical (unpaired) electrons. The summed E-state index contributed by atoms with van der Waals surface area (Å²) in [7, 11) is 0. The van der Waals surface area contributed by atoms with Gasteiger partial charge in [-0.15, -0.1) is 0 Å². The second-order valence-electron chi connectivity index (χ2n) is 12.7. The molecule has 0 amide bonds. The van der Waals surface area contributed by atoms with Crippen molar-refractivity contribution in [1.82, 2.24) is 0 Å². The topological polar surface area (TPSA) is 52.6 Å². The summed E-state index contributed by atoms with van der Waals surface area (Å²) in [6, 6.07) is 0. The van der Waals surface area contributed by atoms with E-state index < -0.39 is 0 Å². The van der Waals surface area contributed by atoms with Gasteiger partial charge in [0.25, 0.3) is 0 Å². The van der Waals surface area contributed by atoms with Crippen LogP contribution in [-0.2, 0) is 40.8 Å². The molecule has 1 atom stereocenters. The van der Waals surface area contributed by atoms with E-state index in [-0.39, 0.29) is 46.4 Å². The van der Waals surface area contributed by atoms with Crippen LogP contribution >= 0.6 is 0 Å². The first-order valence-corrected chi connectivity index (χ1v) is 18.7. The van der Waals surface area contributed by atoms with Crippen molar-refractivity contribution in [2.24, 2.45) is 0 Å². The number of carbonyl (C=O) groups excluding carboxylic acids is 2. The standard InChI is InChI=1S/C39H72O4.Ti/c1-4-6-8-10-12-14-16-18-20-22-24-26-28-30-32-34-38(40)42-36-37(3)43-39(41)35-33-31-29-27-25-23-21-19-17-15-13-11-9-7-5-2;/h18-21,37H,4-17,22-36H2,1-3H3;/b20-18-,21-19-;. The Labute approximate surface area is 289 Å². The fourth-order valence-electron chi connectivity index (χ4n) is 5.28. The van der Waals surface area contributed by atoms with Crippen molar-refractivity contribution in [3.63, 3.8) is 0 Å². The molecule has 0 N–H and O–H groups in total. The molecule has 0 aliphatic rings. The predicted molar refractivity (Wildman–Crippen MR) is 185 cm³/mol. The Hall–Kier alpha value is -0.866. The summed E-state index contributed by atoms with van der Waals surface area (Å²) in [6.45, 7) is 6.48. The molecule has 0 aromatic heterocycles. The molecule has 0 saturated carbocycles. The summed E-state index contributed by atoms with van der Waals surface area (Å²) in [4.78, 5) is 24.1. The van der Waals surface area contributed by atoms with Gasteiger partial charge in [0.2, 0.25) is 0 Å². The van der Waals surface area contributed by atoms with Gasteiger partial charge in [-0.25, -0.2) is 0 Å². The molecule has 0 bridgehead atoms. The molecule has 0 saturated heterocycles. The third kappa shape index (κ3) is 37.3. The number of rotatable bonds is 33. The molecule has 0 aliphatic carbocycles. The molecule has 0 spiro atoms. The van der Waals surface area contributed by atoms with Gasteiger partial charge in [0, 0.05) is 34.6 Å². The van der Waals surface area contributed by atoms with E-state index in [4.69, 9.17) is 9.47 Å². The number of allylic oxidation sites excluding steroid dienone is 4. The van der Waals surface area contributed by atoms with Gasteiger partial charge < -0.3 is 9.47 Å². The Morgan fingerprint density at radius 2 is 0.795 bits per heavy atom. The molecular weight excluding hydrogens is 580 g/mol. The van der Waals surface area contributed by atoms with Crippen molar-refractivity contribution in [2.45, 2.75) is 207 Å². The molecule has 0 heterocycles.